The molecule has 1 aliphatic carbocycles. The van der Waals surface area contributed by atoms with Gasteiger partial charge in [0.25, 0.3) is 0 Å². The molecule has 0 spiro atoms. The molecule has 2 aliphatic heterocycles. The molecule has 154 valence electrons. The number of carbonyl (C=O) groups excluding carboxylic acids is 1. The molecule has 3 aliphatic rings. The van der Waals surface area contributed by atoms with Crippen molar-refractivity contribution < 1.29 is 49.3 Å². The lowest BCUT2D eigenvalue weighted by Gasteiger charge is -2.43. The Hall–Kier alpha value is -1.27. The third-order valence-corrected chi connectivity index (χ3v) is 5.67. The number of esters is 1. The SMILES string of the molecule is COC(=O)C1=CO[C@@H](O[C@@H]2O[C@H](CO)[C@@H](O)[C@H](O)[C@H]2O)[C@@H]2C(CO)CC[C@H]12. The summed E-state index contributed by atoms with van der Waals surface area (Å²) in [6.07, 6.45) is -5.51. The Kier molecular flexibility index (Phi) is 6.36. The van der Waals surface area contributed by atoms with Crippen LogP contribution in [0, 0.1) is 17.8 Å². The maximum Gasteiger partial charge on any atom is 0.337 e. The van der Waals surface area contributed by atoms with E-state index in [1.54, 1.807) is 0 Å². The molecule has 10 nitrogen and oxygen atoms in total. The Labute approximate surface area is 155 Å². The number of fused-ring (bicyclic) bond motifs is 1. The van der Waals surface area contributed by atoms with E-state index in [4.69, 9.17) is 18.9 Å². The highest BCUT2D eigenvalue weighted by molar-refractivity contribution is 5.89. The second-order valence-corrected chi connectivity index (χ2v) is 7.11. The highest BCUT2D eigenvalue weighted by Crippen LogP contribution is 2.47. The first-order valence-corrected chi connectivity index (χ1v) is 8.93. The summed E-state index contributed by atoms with van der Waals surface area (Å²) < 4.78 is 21.4. The van der Waals surface area contributed by atoms with E-state index < -0.39 is 49.6 Å². The monoisotopic (exact) mass is 390 g/mol. The first-order valence-electron chi connectivity index (χ1n) is 8.93. The van der Waals surface area contributed by atoms with Gasteiger partial charge in [-0.2, -0.15) is 0 Å². The van der Waals surface area contributed by atoms with Crippen LogP contribution < -0.4 is 0 Å². The Morgan fingerprint density at radius 2 is 1.85 bits per heavy atom. The molecule has 9 atom stereocenters. The van der Waals surface area contributed by atoms with Crippen LogP contribution in [0.15, 0.2) is 11.8 Å². The van der Waals surface area contributed by atoms with Gasteiger partial charge in [-0.15, -0.1) is 0 Å². The van der Waals surface area contributed by atoms with Crippen LogP contribution in [-0.2, 0) is 23.7 Å². The number of hydrogen-bond acceptors (Lipinski definition) is 10. The second kappa shape index (κ2) is 8.39. The third-order valence-electron chi connectivity index (χ3n) is 5.67. The molecule has 1 saturated carbocycles. The number of methoxy groups -OCH3 is 1. The summed E-state index contributed by atoms with van der Waals surface area (Å²) in [5.74, 6) is -1.35. The molecule has 10 heteroatoms. The molecule has 0 amide bonds. The fraction of sp³-hybridized carbons (Fsp3) is 0.824. The van der Waals surface area contributed by atoms with Gasteiger partial charge >= 0.3 is 5.97 Å². The Morgan fingerprint density at radius 3 is 2.48 bits per heavy atom. The zero-order valence-corrected chi connectivity index (χ0v) is 14.9. The van der Waals surface area contributed by atoms with Crippen LogP contribution in [0.1, 0.15) is 12.8 Å². The van der Waals surface area contributed by atoms with Crippen LogP contribution in [0.4, 0.5) is 0 Å². The van der Waals surface area contributed by atoms with Gasteiger partial charge in [-0.1, -0.05) is 0 Å². The van der Waals surface area contributed by atoms with Gasteiger partial charge in [0, 0.05) is 18.4 Å². The number of ether oxygens (including phenoxy) is 4. The molecular formula is C17H26O10. The standard InChI is InChI=1S/C17H26O10/c1-24-15(23)9-6-25-16(11-7(4-18)2-3-8(9)11)27-17-14(22)13(21)12(20)10(5-19)26-17/h6-8,10-14,16-22H,2-5H2,1H3/t7?,8-,10-,11-,12-,13+,14-,16+,17+/m1/s1. The van der Waals surface area contributed by atoms with Crippen LogP contribution in [0.25, 0.3) is 0 Å². The van der Waals surface area contributed by atoms with Gasteiger partial charge in [0.05, 0.1) is 25.6 Å². The predicted molar refractivity (Wildman–Crippen MR) is 86.6 cm³/mol. The van der Waals surface area contributed by atoms with Gasteiger partial charge in [0.1, 0.15) is 24.4 Å². The molecule has 1 saturated heterocycles. The summed E-state index contributed by atoms with van der Waals surface area (Å²) in [6.45, 7) is -0.707. The average Bonchev–Trinajstić information content (AvgIpc) is 3.12. The van der Waals surface area contributed by atoms with E-state index in [1.807, 2.05) is 0 Å². The molecule has 0 aromatic carbocycles. The van der Waals surface area contributed by atoms with Gasteiger partial charge in [0.15, 0.2) is 6.29 Å². The van der Waals surface area contributed by atoms with Crippen molar-refractivity contribution in [2.45, 2.75) is 49.8 Å². The number of carbonyl (C=O) groups is 1. The summed E-state index contributed by atoms with van der Waals surface area (Å²) in [6, 6.07) is 0. The minimum absolute atomic E-state index is 0.131. The molecule has 2 heterocycles. The molecule has 3 rings (SSSR count). The largest absolute Gasteiger partial charge is 0.472 e. The van der Waals surface area contributed by atoms with E-state index in [0.29, 0.717) is 18.4 Å². The zero-order valence-electron chi connectivity index (χ0n) is 14.9. The quantitative estimate of drug-likeness (QED) is 0.328. The summed E-state index contributed by atoms with van der Waals surface area (Å²) in [7, 11) is 1.27. The van der Waals surface area contributed by atoms with E-state index >= 15 is 0 Å². The van der Waals surface area contributed by atoms with E-state index in [1.165, 1.54) is 13.4 Å². The predicted octanol–water partition coefficient (Wildman–Crippen LogP) is -2.15. The molecule has 0 bridgehead atoms. The van der Waals surface area contributed by atoms with Crippen LogP contribution in [-0.4, -0.2) is 88.8 Å². The number of rotatable bonds is 5. The maximum absolute atomic E-state index is 12.0. The summed E-state index contributed by atoms with van der Waals surface area (Å²) >= 11 is 0. The normalized spacial score (nSPS) is 44.2. The number of aliphatic hydroxyl groups excluding tert-OH is 5. The molecular weight excluding hydrogens is 364 g/mol. The van der Waals surface area contributed by atoms with E-state index in [2.05, 4.69) is 0 Å². The Morgan fingerprint density at radius 1 is 1.11 bits per heavy atom. The molecule has 2 fully saturated rings. The van der Waals surface area contributed by atoms with Crippen molar-refractivity contribution in [2.24, 2.45) is 17.8 Å². The van der Waals surface area contributed by atoms with Crippen molar-refractivity contribution in [3.63, 3.8) is 0 Å². The smallest absolute Gasteiger partial charge is 0.337 e. The van der Waals surface area contributed by atoms with Gasteiger partial charge in [0.2, 0.25) is 6.29 Å². The second-order valence-electron chi connectivity index (χ2n) is 7.11. The molecule has 0 radical (unpaired) electrons. The van der Waals surface area contributed by atoms with Crippen LogP contribution >= 0.6 is 0 Å². The maximum atomic E-state index is 12.0. The lowest BCUT2D eigenvalue weighted by Crippen LogP contribution is -2.60. The van der Waals surface area contributed by atoms with Gasteiger partial charge in [-0.05, 0) is 18.8 Å². The van der Waals surface area contributed by atoms with Gasteiger partial charge in [-0.25, -0.2) is 4.79 Å². The zero-order chi connectivity index (χ0) is 19.7. The summed E-state index contributed by atoms with van der Waals surface area (Å²) in [5.41, 5.74) is 0.354. The lowest BCUT2D eigenvalue weighted by atomic mass is 9.83. The fourth-order valence-corrected chi connectivity index (χ4v) is 4.17. The molecule has 5 N–H and O–H groups in total. The number of hydrogen-bond donors (Lipinski definition) is 5. The highest BCUT2D eigenvalue weighted by Gasteiger charge is 2.51. The minimum Gasteiger partial charge on any atom is -0.472 e. The van der Waals surface area contributed by atoms with Crippen LogP contribution in [0.2, 0.25) is 0 Å². The van der Waals surface area contributed by atoms with Crippen molar-refractivity contribution in [3.8, 4) is 0 Å². The summed E-state index contributed by atoms with van der Waals surface area (Å²) in [4.78, 5) is 12.0. The van der Waals surface area contributed by atoms with Gasteiger partial charge < -0.3 is 44.5 Å². The van der Waals surface area contributed by atoms with Gasteiger partial charge in [-0.3, -0.25) is 0 Å². The molecule has 1 unspecified atom stereocenters. The van der Waals surface area contributed by atoms with Crippen molar-refractivity contribution in [2.75, 3.05) is 20.3 Å². The van der Waals surface area contributed by atoms with Crippen molar-refractivity contribution in [3.05, 3.63) is 11.8 Å². The van der Waals surface area contributed by atoms with Crippen LogP contribution in [0.3, 0.4) is 0 Å². The Balaban J connectivity index is 1.79. The first-order chi connectivity index (χ1) is 12.9. The van der Waals surface area contributed by atoms with E-state index in [0.717, 1.165) is 0 Å². The average molecular weight is 390 g/mol. The fourth-order valence-electron chi connectivity index (χ4n) is 4.17. The third kappa shape index (κ3) is 3.70. The topological polar surface area (TPSA) is 155 Å². The first kappa shape index (κ1) is 20.5. The Bertz CT molecular complexity index is 564. The van der Waals surface area contributed by atoms with Crippen LogP contribution in [0.5, 0.6) is 0 Å². The van der Waals surface area contributed by atoms with E-state index in [9.17, 15) is 30.3 Å². The van der Waals surface area contributed by atoms with E-state index in [-0.39, 0.29) is 24.4 Å². The van der Waals surface area contributed by atoms with Crippen molar-refractivity contribution >= 4 is 5.97 Å². The molecule has 0 aromatic rings. The minimum atomic E-state index is -1.57. The molecule has 27 heavy (non-hydrogen) atoms. The molecule has 0 aromatic heterocycles. The summed E-state index contributed by atoms with van der Waals surface area (Å²) in [5, 5.41) is 48.9. The lowest BCUT2D eigenvalue weighted by molar-refractivity contribution is -0.342. The van der Waals surface area contributed by atoms with Crippen molar-refractivity contribution in [1.82, 2.24) is 0 Å². The van der Waals surface area contributed by atoms with Crippen molar-refractivity contribution in [1.29, 1.82) is 0 Å². The number of aliphatic hydroxyl groups is 5. The highest BCUT2D eigenvalue weighted by atomic mass is 16.8.